The molecule has 0 saturated carbocycles. The quantitative estimate of drug-likeness (QED) is 0.453. The second-order valence-electron chi connectivity index (χ2n) is 9.27. The zero-order valence-corrected chi connectivity index (χ0v) is 21.7. The van der Waals surface area contributed by atoms with Crippen LogP contribution in [0, 0.1) is 18.8 Å². The number of nitrogens with two attached hydrogens (primary N) is 1. The molecule has 0 aliphatic carbocycles. The van der Waals surface area contributed by atoms with E-state index in [-0.39, 0.29) is 34.2 Å². The van der Waals surface area contributed by atoms with E-state index in [4.69, 9.17) is 17.3 Å². The summed E-state index contributed by atoms with van der Waals surface area (Å²) in [5, 5.41) is 2.88. The highest BCUT2D eigenvalue weighted by Crippen LogP contribution is 2.34. The molecular formula is C28H27ClF3N5O. The lowest BCUT2D eigenvalue weighted by atomic mass is 10.0. The van der Waals surface area contributed by atoms with E-state index in [1.807, 2.05) is 18.9 Å². The van der Waals surface area contributed by atoms with Crippen molar-refractivity contribution in [2.75, 3.05) is 44.3 Å². The molecule has 4 rings (SSSR count). The molecule has 3 aromatic rings. The third-order valence-electron chi connectivity index (χ3n) is 6.37. The van der Waals surface area contributed by atoms with E-state index < -0.39 is 17.6 Å². The van der Waals surface area contributed by atoms with E-state index in [9.17, 15) is 18.0 Å². The number of pyridine rings is 1. The zero-order valence-electron chi connectivity index (χ0n) is 21.0. The predicted octanol–water partition coefficient (Wildman–Crippen LogP) is 5.04. The molecule has 0 atom stereocenters. The van der Waals surface area contributed by atoms with Gasteiger partial charge in [-0.1, -0.05) is 35.6 Å². The number of alkyl halides is 3. The fourth-order valence-electron chi connectivity index (χ4n) is 4.06. The van der Waals surface area contributed by atoms with E-state index >= 15 is 0 Å². The summed E-state index contributed by atoms with van der Waals surface area (Å²) in [6, 6.07) is 10.5. The van der Waals surface area contributed by atoms with Gasteiger partial charge < -0.3 is 16.0 Å². The molecule has 0 spiro atoms. The Balaban J connectivity index is 1.53. The smallest absolute Gasteiger partial charge is 0.382 e. The summed E-state index contributed by atoms with van der Waals surface area (Å²) in [7, 11) is 1.99. The van der Waals surface area contributed by atoms with Crippen LogP contribution < -0.4 is 11.1 Å². The van der Waals surface area contributed by atoms with Crippen LogP contribution in [0.25, 0.3) is 0 Å². The van der Waals surface area contributed by atoms with Crippen molar-refractivity contribution in [1.82, 2.24) is 14.8 Å². The van der Waals surface area contributed by atoms with Gasteiger partial charge in [0.1, 0.15) is 5.82 Å². The second kappa shape index (κ2) is 11.4. The minimum absolute atomic E-state index is 0.0697. The summed E-state index contributed by atoms with van der Waals surface area (Å²) < 4.78 is 41.7. The molecular weight excluding hydrogens is 515 g/mol. The van der Waals surface area contributed by atoms with Gasteiger partial charge in [0, 0.05) is 61.3 Å². The van der Waals surface area contributed by atoms with Crippen LogP contribution in [0.4, 0.5) is 24.7 Å². The normalized spacial score (nSPS) is 14.6. The van der Waals surface area contributed by atoms with Crippen LogP contribution in [-0.4, -0.2) is 53.9 Å². The van der Waals surface area contributed by atoms with E-state index in [1.54, 1.807) is 24.3 Å². The van der Waals surface area contributed by atoms with Crippen LogP contribution in [0.15, 0.2) is 48.7 Å². The number of benzene rings is 2. The number of hydrogen-bond acceptors (Lipinski definition) is 5. The molecule has 6 nitrogen and oxygen atoms in total. The van der Waals surface area contributed by atoms with Crippen molar-refractivity contribution in [2.24, 2.45) is 0 Å². The number of carbonyl (C=O) groups is 1. The number of hydrogen-bond donors (Lipinski definition) is 2. The van der Waals surface area contributed by atoms with Gasteiger partial charge in [0.15, 0.2) is 0 Å². The molecule has 1 amide bonds. The number of nitrogens with zero attached hydrogens (tertiary/aromatic N) is 3. The molecule has 198 valence electrons. The number of amides is 1. The average molecular weight is 542 g/mol. The lowest BCUT2D eigenvalue weighted by Crippen LogP contribution is -2.44. The first-order valence-corrected chi connectivity index (χ1v) is 12.3. The van der Waals surface area contributed by atoms with Crippen LogP contribution in [0.2, 0.25) is 5.02 Å². The fraction of sp³-hybridized carbons (Fsp3) is 0.286. The lowest BCUT2D eigenvalue weighted by molar-refractivity contribution is -0.138. The van der Waals surface area contributed by atoms with Crippen LogP contribution in [-0.2, 0) is 12.7 Å². The molecule has 2 aromatic carbocycles. The molecule has 1 saturated heterocycles. The van der Waals surface area contributed by atoms with Gasteiger partial charge in [0.25, 0.3) is 5.91 Å². The van der Waals surface area contributed by atoms with Crippen LogP contribution in [0.3, 0.4) is 0 Å². The number of nitrogen functional groups attached to an aromatic ring is 1. The summed E-state index contributed by atoms with van der Waals surface area (Å²) in [4.78, 5) is 21.1. The van der Waals surface area contributed by atoms with Gasteiger partial charge in [-0.2, -0.15) is 13.2 Å². The standard InChI is InChI=1S/C28H27ClF3N5O/c1-18-3-5-21(14-20(18)6-4-19-13-25(29)26(33)34-16-19)27(38)35-23-8-7-22(24(15-23)28(30,31)32)17-37-11-9-36(2)10-12-37/h3,5,7-8,13-16H,9-12,17H2,1-2H3,(H2,33,34)(H,35,38). The van der Waals surface area contributed by atoms with Gasteiger partial charge in [-0.25, -0.2) is 4.98 Å². The van der Waals surface area contributed by atoms with Crippen molar-refractivity contribution in [3.63, 3.8) is 0 Å². The third kappa shape index (κ3) is 6.84. The van der Waals surface area contributed by atoms with Gasteiger partial charge in [0.05, 0.1) is 10.6 Å². The van der Waals surface area contributed by atoms with Crippen LogP contribution >= 0.6 is 11.6 Å². The van der Waals surface area contributed by atoms with E-state index in [1.165, 1.54) is 18.3 Å². The summed E-state index contributed by atoms with van der Waals surface area (Å²) in [5.41, 5.74) is 7.36. The fourth-order valence-corrected chi connectivity index (χ4v) is 4.23. The van der Waals surface area contributed by atoms with Gasteiger partial charge in [0.2, 0.25) is 0 Å². The Labute approximate surface area is 224 Å². The van der Waals surface area contributed by atoms with Gasteiger partial charge >= 0.3 is 6.18 Å². The van der Waals surface area contributed by atoms with Crippen molar-refractivity contribution in [3.05, 3.63) is 87.1 Å². The first-order chi connectivity index (χ1) is 18.0. The highest BCUT2D eigenvalue weighted by Gasteiger charge is 2.34. The monoisotopic (exact) mass is 541 g/mol. The maximum absolute atomic E-state index is 13.9. The Morgan fingerprint density at radius 3 is 2.53 bits per heavy atom. The Bertz CT molecular complexity index is 1410. The van der Waals surface area contributed by atoms with Gasteiger partial charge in [-0.15, -0.1) is 0 Å². The number of aromatic nitrogens is 1. The molecule has 38 heavy (non-hydrogen) atoms. The Morgan fingerprint density at radius 2 is 1.84 bits per heavy atom. The van der Waals surface area contributed by atoms with Crippen LogP contribution in [0.5, 0.6) is 0 Å². The van der Waals surface area contributed by atoms with Crippen molar-refractivity contribution in [1.29, 1.82) is 0 Å². The summed E-state index contributed by atoms with van der Waals surface area (Å²) >= 11 is 5.99. The topological polar surface area (TPSA) is 74.5 Å². The van der Waals surface area contributed by atoms with Gasteiger partial charge in [-0.05, 0) is 55.4 Å². The molecule has 0 radical (unpaired) electrons. The SMILES string of the molecule is Cc1ccc(C(=O)Nc2ccc(CN3CCN(C)CC3)c(C(F)(F)F)c2)cc1C#Cc1cnc(N)c(Cl)c1. The third-order valence-corrected chi connectivity index (χ3v) is 6.68. The van der Waals surface area contributed by atoms with E-state index in [0.29, 0.717) is 24.2 Å². The predicted molar refractivity (Wildman–Crippen MR) is 143 cm³/mol. The summed E-state index contributed by atoms with van der Waals surface area (Å²) in [6.07, 6.45) is -3.05. The van der Waals surface area contributed by atoms with Crippen molar-refractivity contribution >= 4 is 29.0 Å². The number of piperazine rings is 1. The Hall–Kier alpha value is -3.58. The van der Waals surface area contributed by atoms with Crippen molar-refractivity contribution in [2.45, 2.75) is 19.6 Å². The summed E-state index contributed by atoms with van der Waals surface area (Å²) in [6.45, 7) is 5.06. The number of likely N-dealkylation sites (N-methyl/N-ethyl adjacent to an activating group) is 1. The number of carbonyl (C=O) groups excluding carboxylic acids is 1. The first kappa shape index (κ1) is 27.5. The number of halogens is 4. The van der Waals surface area contributed by atoms with Crippen molar-refractivity contribution < 1.29 is 18.0 Å². The van der Waals surface area contributed by atoms with Crippen LogP contribution in [0.1, 0.15) is 38.2 Å². The molecule has 1 aromatic heterocycles. The molecule has 2 heterocycles. The largest absolute Gasteiger partial charge is 0.416 e. The molecule has 3 N–H and O–H groups in total. The highest BCUT2D eigenvalue weighted by atomic mass is 35.5. The van der Waals surface area contributed by atoms with E-state index in [2.05, 4.69) is 27.0 Å². The molecule has 0 unspecified atom stereocenters. The van der Waals surface area contributed by atoms with Gasteiger partial charge in [-0.3, -0.25) is 9.69 Å². The number of aryl methyl sites for hydroxylation is 1. The minimum atomic E-state index is -4.55. The van der Waals surface area contributed by atoms with E-state index in [0.717, 1.165) is 24.7 Å². The molecule has 10 heteroatoms. The Kier molecular flexibility index (Phi) is 8.26. The first-order valence-electron chi connectivity index (χ1n) is 12.0. The molecule has 0 bridgehead atoms. The second-order valence-corrected chi connectivity index (χ2v) is 9.68. The lowest BCUT2D eigenvalue weighted by Gasteiger charge is -2.33. The molecule has 1 aliphatic rings. The number of anilines is 2. The zero-order chi connectivity index (χ0) is 27.4. The Morgan fingerprint density at radius 1 is 1.11 bits per heavy atom. The van der Waals surface area contributed by atoms with Crippen molar-refractivity contribution in [3.8, 4) is 11.8 Å². The number of nitrogens with one attached hydrogen (secondary N) is 1. The average Bonchev–Trinajstić information content (AvgIpc) is 2.87. The number of rotatable bonds is 4. The maximum atomic E-state index is 13.9. The minimum Gasteiger partial charge on any atom is -0.382 e. The maximum Gasteiger partial charge on any atom is 0.416 e. The highest BCUT2D eigenvalue weighted by molar-refractivity contribution is 6.32. The summed E-state index contributed by atoms with van der Waals surface area (Å²) in [5.74, 6) is 5.59. The molecule has 1 aliphatic heterocycles. The molecule has 1 fully saturated rings.